The molecule has 0 amide bonds. The first-order valence-corrected chi connectivity index (χ1v) is 5.06. The van der Waals surface area contributed by atoms with E-state index in [2.05, 4.69) is 4.99 Å². The molecular weight excluding hydrogens is 184 g/mol. The maximum Gasteiger partial charge on any atom is 0.306 e. The maximum absolute atomic E-state index is 5.61. The summed E-state index contributed by atoms with van der Waals surface area (Å²) in [5.41, 5.74) is 6.58. The standard InChI is InChI=1S/C9H12N2OS/c1-12-8-5-3-7(4-6-8)11-9(10)13-2/h3-6H,1-2H3,(H2,10,11)/p+1. The highest BCUT2D eigenvalue weighted by Crippen LogP contribution is 2.10. The van der Waals surface area contributed by atoms with E-state index in [1.54, 1.807) is 7.11 Å². The average Bonchev–Trinajstić information content (AvgIpc) is 2.19. The van der Waals surface area contributed by atoms with E-state index < -0.39 is 0 Å². The quantitative estimate of drug-likeness (QED) is 0.521. The Balaban J connectivity index is 2.80. The van der Waals surface area contributed by atoms with Gasteiger partial charge in [-0.1, -0.05) is 0 Å². The van der Waals surface area contributed by atoms with E-state index in [4.69, 9.17) is 10.5 Å². The van der Waals surface area contributed by atoms with Crippen molar-refractivity contribution in [1.82, 2.24) is 0 Å². The number of methoxy groups -OCH3 is 1. The molecule has 4 heteroatoms. The number of rotatable bonds is 2. The highest BCUT2D eigenvalue weighted by molar-refractivity contribution is 8.12. The molecule has 0 heterocycles. The van der Waals surface area contributed by atoms with Gasteiger partial charge in [-0.25, -0.2) is 4.99 Å². The fraction of sp³-hybridized carbons (Fsp3) is 0.222. The van der Waals surface area contributed by atoms with Crippen molar-refractivity contribution in [2.24, 2.45) is 5.73 Å². The number of hydrogen-bond donors (Lipinski definition) is 2. The Morgan fingerprint density at radius 2 is 2.00 bits per heavy atom. The van der Waals surface area contributed by atoms with Crippen LogP contribution in [0.25, 0.3) is 0 Å². The Hall–Kier alpha value is -1.16. The molecule has 1 aromatic rings. The van der Waals surface area contributed by atoms with Crippen molar-refractivity contribution in [3.63, 3.8) is 0 Å². The van der Waals surface area contributed by atoms with Crippen LogP contribution in [0.15, 0.2) is 24.3 Å². The lowest BCUT2D eigenvalue weighted by Crippen LogP contribution is -2.68. The molecule has 70 valence electrons. The van der Waals surface area contributed by atoms with Crippen molar-refractivity contribution < 1.29 is 9.73 Å². The van der Waals surface area contributed by atoms with Crippen LogP contribution in [-0.2, 0) is 0 Å². The van der Waals surface area contributed by atoms with Gasteiger partial charge < -0.3 is 4.74 Å². The summed E-state index contributed by atoms with van der Waals surface area (Å²) in [7, 11) is 1.64. The van der Waals surface area contributed by atoms with Crippen molar-refractivity contribution >= 4 is 22.6 Å². The molecule has 0 aliphatic heterocycles. The number of amidine groups is 1. The summed E-state index contributed by atoms with van der Waals surface area (Å²) in [6.45, 7) is 0. The van der Waals surface area contributed by atoms with Gasteiger partial charge in [0.25, 0.3) is 0 Å². The second kappa shape index (κ2) is 4.77. The monoisotopic (exact) mass is 197 g/mol. The minimum atomic E-state index is 0.685. The van der Waals surface area contributed by atoms with Gasteiger partial charge in [-0.15, -0.1) is 0 Å². The van der Waals surface area contributed by atoms with E-state index >= 15 is 0 Å². The Kier molecular flexibility index (Phi) is 3.64. The van der Waals surface area contributed by atoms with Crippen LogP contribution in [0.4, 0.5) is 5.69 Å². The van der Waals surface area contributed by atoms with E-state index in [0.29, 0.717) is 5.17 Å². The van der Waals surface area contributed by atoms with Crippen LogP contribution >= 0.6 is 11.8 Å². The number of hydrogen-bond acceptors (Lipinski definition) is 2. The summed E-state index contributed by atoms with van der Waals surface area (Å²) in [5, 5.41) is 0.685. The fourth-order valence-electron chi connectivity index (χ4n) is 0.868. The van der Waals surface area contributed by atoms with E-state index in [1.165, 1.54) is 11.8 Å². The second-order valence-electron chi connectivity index (χ2n) is 2.42. The summed E-state index contributed by atoms with van der Waals surface area (Å²) in [5.74, 6) is 0.841. The molecule has 0 aliphatic carbocycles. The highest BCUT2D eigenvalue weighted by atomic mass is 32.2. The summed E-state index contributed by atoms with van der Waals surface area (Å²) in [4.78, 5) is 3.04. The molecule has 1 aromatic carbocycles. The van der Waals surface area contributed by atoms with Gasteiger partial charge in [0.15, 0.2) is 0 Å². The SMILES string of the molecule is COc1ccc([NH+]=C(N)SC)cc1. The lowest BCUT2D eigenvalue weighted by Gasteiger charge is -1.97. The van der Waals surface area contributed by atoms with E-state index in [0.717, 1.165) is 11.4 Å². The van der Waals surface area contributed by atoms with Crippen molar-refractivity contribution in [1.29, 1.82) is 0 Å². The minimum absolute atomic E-state index is 0.685. The molecule has 0 unspecified atom stereocenters. The molecule has 0 saturated carbocycles. The van der Waals surface area contributed by atoms with Crippen molar-refractivity contribution in [2.45, 2.75) is 0 Å². The van der Waals surface area contributed by atoms with Crippen LogP contribution < -0.4 is 15.5 Å². The number of nitrogens with two attached hydrogens (primary N) is 1. The third-order valence-corrected chi connectivity index (χ3v) is 2.12. The Labute approximate surface area is 82.0 Å². The lowest BCUT2D eigenvalue weighted by molar-refractivity contribution is -0.351. The summed E-state index contributed by atoms with van der Waals surface area (Å²) < 4.78 is 5.03. The van der Waals surface area contributed by atoms with Crippen LogP contribution in [0.5, 0.6) is 5.75 Å². The molecular formula is C9H13N2OS+. The van der Waals surface area contributed by atoms with Crippen LogP contribution in [-0.4, -0.2) is 18.5 Å². The van der Waals surface area contributed by atoms with Crippen molar-refractivity contribution in [3.05, 3.63) is 24.3 Å². The molecule has 13 heavy (non-hydrogen) atoms. The molecule has 0 fully saturated rings. The van der Waals surface area contributed by atoms with Crippen molar-refractivity contribution in [3.8, 4) is 5.75 Å². The van der Waals surface area contributed by atoms with Gasteiger partial charge in [-0.3, -0.25) is 5.73 Å². The van der Waals surface area contributed by atoms with Gasteiger partial charge in [0.05, 0.1) is 7.11 Å². The van der Waals surface area contributed by atoms with Crippen LogP contribution in [0.2, 0.25) is 0 Å². The van der Waals surface area contributed by atoms with E-state index in [-0.39, 0.29) is 0 Å². The van der Waals surface area contributed by atoms with Crippen molar-refractivity contribution in [2.75, 3.05) is 13.4 Å². The van der Waals surface area contributed by atoms with Crippen LogP contribution in [0.1, 0.15) is 0 Å². The topological polar surface area (TPSA) is 49.2 Å². The molecule has 0 aromatic heterocycles. The summed E-state index contributed by atoms with van der Waals surface area (Å²) in [6, 6.07) is 7.61. The lowest BCUT2D eigenvalue weighted by atomic mass is 10.3. The molecule has 0 bridgehead atoms. The highest BCUT2D eigenvalue weighted by Gasteiger charge is 1.97. The van der Waals surface area contributed by atoms with E-state index in [9.17, 15) is 0 Å². The maximum atomic E-state index is 5.61. The zero-order chi connectivity index (χ0) is 9.68. The number of ether oxygens (including phenoxy) is 1. The number of benzene rings is 1. The predicted octanol–water partition coefficient (Wildman–Crippen LogP) is 0.0850. The second-order valence-corrected chi connectivity index (χ2v) is 3.27. The Bertz CT molecular complexity index is 295. The van der Waals surface area contributed by atoms with E-state index in [1.807, 2.05) is 30.5 Å². The molecule has 0 atom stereocenters. The fourth-order valence-corrected chi connectivity index (χ4v) is 1.09. The number of thioether (sulfide) groups is 1. The van der Waals surface area contributed by atoms with Gasteiger partial charge in [-0.2, -0.15) is 0 Å². The van der Waals surface area contributed by atoms with Gasteiger partial charge >= 0.3 is 5.17 Å². The smallest absolute Gasteiger partial charge is 0.306 e. The first-order valence-electron chi connectivity index (χ1n) is 3.83. The zero-order valence-electron chi connectivity index (χ0n) is 7.70. The zero-order valence-corrected chi connectivity index (χ0v) is 8.52. The summed E-state index contributed by atoms with van der Waals surface area (Å²) >= 11 is 1.48. The van der Waals surface area contributed by atoms with Gasteiger partial charge in [-0.05, 0) is 42.3 Å². The molecule has 0 radical (unpaired) electrons. The Morgan fingerprint density at radius 3 is 2.46 bits per heavy atom. The molecule has 3 nitrogen and oxygen atoms in total. The molecule has 1 rings (SSSR count). The third-order valence-electron chi connectivity index (χ3n) is 1.58. The largest absolute Gasteiger partial charge is 0.497 e. The van der Waals surface area contributed by atoms with Gasteiger partial charge in [0, 0.05) is 0 Å². The van der Waals surface area contributed by atoms with Crippen LogP contribution in [0, 0.1) is 0 Å². The normalized spacial score (nSPS) is 11.4. The minimum Gasteiger partial charge on any atom is -0.497 e. The molecule has 3 N–H and O–H groups in total. The third kappa shape index (κ3) is 2.99. The first-order chi connectivity index (χ1) is 6.26. The summed E-state index contributed by atoms with van der Waals surface area (Å²) in [6.07, 6.45) is 1.92. The Morgan fingerprint density at radius 1 is 1.38 bits per heavy atom. The average molecular weight is 197 g/mol. The first kappa shape index (κ1) is 9.92. The molecule has 0 aliphatic rings. The van der Waals surface area contributed by atoms with Gasteiger partial charge in [0.2, 0.25) is 0 Å². The molecule has 0 saturated heterocycles. The van der Waals surface area contributed by atoms with Crippen LogP contribution in [0.3, 0.4) is 0 Å². The molecule has 0 spiro atoms. The number of nitrogens with one attached hydrogen (secondary N) is 1. The predicted molar refractivity (Wildman–Crippen MR) is 56.3 cm³/mol. The van der Waals surface area contributed by atoms with Gasteiger partial charge in [0.1, 0.15) is 11.4 Å².